The van der Waals surface area contributed by atoms with Gasteiger partial charge in [0.15, 0.2) is 0 Å². The Kier molecular flexibility index (Phi) is 5.81. The van der Waals surface area contributed by atoms with E-state index in [-0.39, 0.29) is 18.4 Å². The number of hydrogen-bond donors (Lipinski definition) is 1. The van der Waals surface area contributed by atoms with Crippen LogP contribution in [0.15, 0.2) is 48.5 Å². The van der Waals surface area contributed by atoms with Gasteiger partial charge in [-0.15, -0.1) is 0 Å². The maximum atomic E-state index is 12.7. The normalized spacial score (nSPS) is 18.9. The smallest absolute Gasteiger partial charge is 0.323 e. The molecule has 6 heteroatoms. The Labute approximate surface area is 171 Å². The molecule has 1 N–H and O–H groups in total. The standard InChI is InChI=1S/C23H27N3O3/c1-29-23(28)21-14-17-6-2-3-7-18(17)15-26(21)16-22(27)24-19-8-10-20(11-9-19)25-12-4-5-13-25/h2-3,6-11,21H,4-5,12-16H2,1H3,(H,24,27)/t21-/m0/s1. The van der Waals surface area contributed by atoms with Crippen molar-refractivity contribution in [1.29, 1.82) is 0 Å². The fourth-order valence-electron chi connectivity index (χ4n) is 4.23. The Bertz CT molecular complexity index is 875. The van der Waals surface area contributed by atoms with Gasteiger partial charge in [0.2, 0.25) is 5.91 Å². The topological polar surface area (TPSA) is 61.9 Å². The summed E-state index contributed by atoms with van der Waals surface area (Å²) in [6.07, 6.45) is 3.03. The van der Waals surface area contributed by atoms with Gasteiger partial charge in [-0.2, -0.15) is 0 Å². The Balaban J connectivity index is 1.41. The van der Waals surface area contributed by atoms with Gasteiger partial charge >= 0.3 is 5.97 Å². The number of ether oxygens (including phenoxy) is 1. The molecule has 2 aromatic carbocycles. The third-order valence-corrected chi connectivity index (χ3v) is 5.79. The second-order valence-electron chi connectivity index (χ2n) is 7.71. The zero-order valence-electron chi connectivity index (χ0n) is 16.8. The van der Waals surface area contributed by atoms with Crippen LogP contribution in [-0.4, -0.2) is 49.6 Å². The Hall–Kier alpha value is -2.86. The molecule has 2 aliphatic rings. The van der Waals surface area contributed by atoms with Crippen molar-refractivity contribution in [2.75, 3.05) is 37.0 Å². The van der Waals surface area contributed by atoms with E-state index in [0.717, 1.165) is 29.9 Å². The van der Waals surface area contributed by atoms with Crippen LogP contribution in [0, 0.1) is 0 Å². The quantitative estimate of drug-likeness (QED) is 0.792. The minimum atomic E-state index is -0.446. The van der Waals surface area contributed by atoms with Crippen molar-refractivity contribution in [2.24, 2.45) is 0 Å². The molecule has 0 aromatic heterocycles. The van der Waals surface area contributed by atoms with Gasteiger partial charge in [0, 0.05) is 31.0 Å². The van der Waals surface area contributed by atoms with E-state index in [1.54, 1.807) is 0 Å². The van der Waals surface area contributed by atoms with Crippen molar-refractivity contribution in [2.45, 2.75) is 31.8 Å². The number of amides is 1. The lowest BCUT2D eigenvalue weighted by Crippen LogP contribution is -2.49. The predicted octanol–water partition coefficient (Wildman–Crippen LogP) is 2.83. The van der Waals surface area contributed by atoms with Crippen LogP contribution in [0.3, 0.4) is 0 Å². The van der Waals surface area contributed by atoms with E-state index in [2.05, 4.69) is 22.3 Å². The number of fused-ring (bicyclic) bond motifs is 1. The molecular formula is C23H27N3O3. The highest BCUT2D eigenvalue weighted by molar-refractivity contribution is 5.93. The minimum absolute atomic E-state index is 0.132. The molecule has 0 radical (unpaired) electrons. The predicted molar refractivity (Wildman–Crippen MR) is 113 cm³/mol. The van der Waals surface area contributed by atoms with Crippen molar-refractivity contribution in [3.8, 4) is 0 Å². The number of methoxy groups -OCH3 is 1. The number of anilines is 2. The molecule has 0 bridgehead atoms. The molecule has 1 fully saturated rings. The summed E-state index contributed by atoms with van der Waals surface area (Å²) in [5.41, 5.74) is 4.25. The van der Waals surface area contributed by atoms with Gasteiger partial charge in [-0.05, 0) is 54.7 Å². The molecule has 0 saturated carbocycles. The summed E-state index contributed by atoms with van der Waals surface area (Å²) >= 11 is 0. The Morgan fingerprint density at radius 2 is 1.72 bits per heavy atom. The first-order valence-corrected chi connectivity index (χ1v) is 10.2. The molecule has 2 aromatic rings. The molecule has 4 rings (SSSR count). The highest BCUT2D eigenvalue weighted by Crippen LogP contribution is 2.25. The van der Waals surface area contributed by atoms with Crippen LogP contribution < -0.4 is 10.2 Å². The molecule has 152 valence electrons. The summed E-state index contributed by atoms with van der Waals surface area (Å²) in [5.74, 6) is -0.436. The fourth-order valence-corrected chi connectivity index (χ4v) is 4.23. The molecule has 29 heavy (non-hydrogen) atoms. The third kappa shape index (κ3) is 4.43. The van der Waals surface area contributed by atoms with Gasteiger partial charge in [0.05, 0.1) is 13.7 Å². The second kappa shape index (κ2) is 8.66. The molecule has 6 nitrogen and oxygen atoms in total. The highest BCUT2D eigenvalue weighted by atomic mass is 16.5. The third-order valence-electron chi connectivity index (χ3n) is 5.79. The lowest BCUT2D eigenvalue weighted by Gasteiger charge is -2.34. The highest BCUT2D eigenvalue weighted by Gasteiger charge is 2.33. The van der Waals surface area contributed by atoms with Gasteiger partial charge in [-0.1, -0.05) is 24.3 Å². The van der Waals surface area contributed by atoms with Crippen molar-refractivity contribution in [3.05, 3.63) is 59.7 Å². The number of rotatable bonds is 5. The molecule has 0 aliphatic carbocycles. The zero-order chi connectivity index (χ0) is 20.2. The van der Waals surface area contributed by atoms with Crippen LogP contribution in [0.25, 0.3) is 0 Å². The lowest BCUT2D eigenvalue weighted by atomic mass is 9.94. The summed E-state index contributed by atoms with van der Waals surface area (Å²) in [6, 6.07) is 15.6. The molecule has 1 atom stereocenters. The summed E-state index contributed by atoms with van der Waals surface area (Å²) in [4.78, 5) is 29.2. The monoisotopic (exact) mass is 393 g/mol. The van der Waals surface area contributed by atoms with Gasteiger partial charge < -0.3 is 15.0 Å². The van der Waals surface area contributed by atoms with Crippen molar-refractivity contribution in [3.63, 3.8) is 0 Å². The van der Waals surface area contributed by atoms with Crippen LogP contribution in [-0.2, 0) is 27.3 Å². The fraction of sp³-hybridized carbons (Fsp3) is 0.391. The molecule has 1 amide bonds. The molecule has 0 spiro atoms. The number of carbonyl (C=O) groups excluding carboxylic acids is 2. The maximum absolute atomic E-state index is 12.7. The zero-order valence-corrected chi connectivity index (χ0v) is 16.8. The Morgan fingerprint density at radius 1 is 1.03 bits per heavy atom. The van der Waals surface area contributed by atoms with Crippen molar-refractivity contribution in [1.82, 2.24) is 4.90 Å². The van der Waals surface area contributed by atoms with E-state index in [1.807, 2.05) is 41.3 Å². The van der Waals surface area contributed by atoms with Gasteiger partial charge in [-0.25, -0.2) is 0 Å². The number of nitrogens with zero attached hydrogens (tertiary/aromatic N) is 2. The number of esters is 1. The maximum Gasteiger partial charge on any atom is 0.323 e. The Morgan fingerprint density at radius 3 is 2.41 bits per heavy atom. The van der Waals surface area contributed by atoms with Crippen LogP contribution in [0.1, 0.15) is 24.0 Å². The van der Waals surface area contributed by atoms with Crippen LogP contribution in [0.5, 0.6) is 0 Å². The summed E-state index contributed by atoms with van der Waals surface area (Å²) in [7, 11) is 1.39. The van der Waals surface area contributed by atoms with E-state index in [0.29, 0.717) is 13.0 Å². The number of benzene rings is 2. The van der Waals surface area contributed by atoms with Crippen molar-refractivity contribution >= 4 is 23.3 Å². The SMILES string of the molecule is COC(=O)[C@@H]1Cc2ccccc2CN1CC(=O)Nc1ccc(N2CCCC2)cc1. The minimum Gasteiger partial charge on any atom is -0.468 e. The van der Waals surface area contributed by atoms with E-state index in [4.69, 9.17) is 4.74 Å². The van der Waals surface area contributed by atoms with Crippen LogP contribution in [0.4, 0.5) is 11.4 Å². The number of carbonyl (C=O) groups is 2. The van der Waals surface area contributed by atoms with E-state index >= 15 is 0 Å². The first-order chi connectivity index (χ1) is 14.1. The molecule has 2 aliphatic heterocycles. The van der Waals surface area contributed by atoms with Crippen LogP contribution in [0.2, 0.25) is 0 Å². The van der Waals surface area contributed by atoms with E-state index in [9.17, 15) is 9.59 Å². The van der Waals surface area contributed by atoms with Gasteiger partial charge in [-0.3, -0.25) is 14.5 Å². The second-order valence-corrected chi connectivity index (χ2v) is 7.71. The average Bonchev–Trinajstić information content (AvgIpc) is 3.28. The van der Waals surface area contributed by atoms with Gasteiger partial charge in [0.25, 0.3) is 0 Å². The lowest BCUT2D eigenvalue weighted by molar-refractivity contribution is -0.148. The van der Waals surface area contributed by atoms with Crippen molar-refractivity contribution < 1.29 is 14.3 Å². The summed E-state index contributed by atoms with van der Waals surface area (Å²) < 4.78 is 4.98. The van der Waals surface area contributed by atoms with Crippen LogP contribution >= 0.6 is 0 Å². The summed E-state index contributed by atoms with van der Waals surface area (Å²) in [5, 5.41) is 2.96. The van der Waals surface area contributed by atoms with E-state index < -0.39 is 6.04 Å². The van der Waals surface area contributed by atoms with E-state index in [1.165, 1.54) is 25.6 Å². The first kappa shape index (κ1) is 19.5. The summed E-state index contributed by atoms with van der Waals surface area (Å²) in [6.45, 7) is 2.88. The molecule has 2 heterocycles. The van der Waals surface area contributed by atoms with Gasteiger partial charge in [0.1, 0.15) is 6.04 Å². The molecule has 0 unspecified atom stereocenters. The number of hydrogen-bond acceptors (Lipinski definition) is 5. The number of nitrogens with one attached hydrogen (secondary N) is 1. The first-order valence-electron chi connectivity index (χ1n) is 10.2. The molecule has 1 saturated heterocycles. The largest absolute Gasteiger partial charge is 0.468 e. The molecular weight excluding hydrogens is 366 g/mol. The average molecular weight is 393 g/mol.